The van der Waals surface area contributed by atoms with Crippen LogP contribution in [0.1, 0.15) is 0 Å². The number of methoxy groups -OCH3 is 3. The SMILES string of the molecule is COC(=O)[C@@H]1[C@H]([C@@H]([Se]c2ccccc2)[Si](C)(C)C)C1(C(=O)OC)C(=O)OC. The molecule has 0 spiro atoms. The van der Waals surface area contributed by atoms with Crippen LogP contribution in [0.3, 0.4) is 0 Å². The number of carbonyl (C=O) groups excluding carboxylic acids is 3. The van der Waals surface area contributed by atoms with Crippen molar-refractivity contribution in [2.24, 2.45) is 17.3 Å². The summed E-state index contributed by atoms with van der Waals surface area (Å²) in [4.78, 5) is 37.9. The molecule has 148 valence electrons. The van der Waals surface area contributed by atoms with Gasteiger partial charge in [-0.05, 0) is 0 Å². The van der Waals surface area contributed by atoms with E-state index >= 15 is 0 Å². The molecule has 0 saturated heterocycles. The van der Waals surface area contributed by atoms with E-state index in [9.17, 15) is 14.4 Å². The van der Waals surface area contributed by atoms with Gasteiger partial charge in [0.15, 0.2) is 0 Å². The average Bonchev–Trinajstić information content (AvgIpc) is 3.34. The first-order valence-electron chi connectivity index (χ1n) is 8.62. The summed E-state index contributed by atoms with van der Waals surface area (Å²) in [7, 11) is 1.84. The van der Waals surface area contributed by atoms with Crippen molar-refractivity contribution in [2.45, 2.75) is 24.1 Å². The molecule has 0 heterocycles. The fourth-order valence-electron chi connectivity index (χ4n) is 3.67. The predicted octanol–water partition coefficient (Wildman–Crippen LogP) is 1.43. The first kappa shape index (κ1) is 21.7. The van der Waals surface area contributed by atoms with Crippen molar-refractivity contribution in [3.8, 4) is 0 Å². The summed E-state index contributed by atoms with van der Waals surface area (Å²) >= 11 is -0.0214. The van der Waals surface area contributed by atoms with Crippen molar-refractivity contribution in [3.05, 3.63) is 30.3 Å². The Bertz CT molecular complexity index is 699. The van der Waals surface area contributed by atoms with Gasteiger partial charge in [-0.15, -0.1) is 0 Å². The zero-order valence-electron chi connectivity index (χ0n) is 16.5. The summed E-state index contributed by atoms with van der Waals surface area (Å²) in [5, 5.41) is 0. The van der Waals surface area contributed by atoms with E-state index in [-0.39, 0.29) is 19.4 Å². The van der Waals surface area contributed by atoms with E-state index in [0.29, 0.717) is 0 Å². The summed E-state index contributed by atoms with van der Waals surface area (Å²) < 4.78 is 16.0. The number of benzene rings is 1. The molecular weight excluding hydrogens is 431 g/mol. The van der Waals surface area contributed by atoms with Gasteiger partial charge in [0, 0.05) is 0 Å². The third-order valence-corrected chi connectivity index (χ3v) is 14.4. The molecule has 0 aromatic heterocycles. The van der Waals surface area contributed by atoms with E-state index in [1.165, 1.54) is 21.3 Å². The third kappa shape index (κ3) is 3.84. The van der Waals surface area contributed by atoms with Crippen molar-refractivity contribution >= 4 is 45.4 Å². The van der Waals surface area contributed by atoms with Crippen LogP contribution in [0.2, 0.25) is 24.1 Å². The van der Waals surface area contributed by atoms with E-state index in [1.54, 1.807) is 0 Å². The Morgan fingerprint density at radius 3 is 1.89 bits per heavy atom. The molecule has 1 saturated carbocycles. The van der Waals surface area contributed by atoms with Gasteiger partial charge >= 0.3 is 167 Å². The molecule has 27 heavy (non-hydrogen) atoms. The molecule has 0 N–H and O–H groups in total. The number of ether oxygens (including phenoxy) is 3. The topological polar surface area (TPSA) is 78.9 Å². The average molecular weight is 457 g/mol. The molecule has 1 aliphatic rings. The van der Waals surface area contributed by atoms with Crippen LogP contribution >= 0.6 is 0 Å². The van der Waals surface area contributed by atoms with Crippen molar-refractivity contribution in [3.63, 3.8) is 0 Å². The summed E-state index contributed by atoms with van der Waals surface area (Å²) in [6.45, 7) is 6.57. The molecular formula is C19H26O6SeSi. The zero-order valence-corrected chi connectivity index (χ0v) is 19.2. The van der Waals surface area contributed by atoms with Gasteiger partial charge in [-0.2, -0.15) is 0 Å². The van der Waals surface area contributed by atoms with Gasteiger partial charge in [-0.1, -0.05) is 0 Å². The molecule has 2 rings (SSSR count). The second kappa shape index (κ2) is 8.16. The van der Waals surface area contributed by atoms with Crippen molar-refractivity contribution in [2.75, 3.05) is 21.3 Å². The van der Waals surface area contributed by atoms with Gasteiger partial charge in [0.2, 0.25) is 0 Å². The Hall–Kier alpha value is -1.63. The Kier molecular flexibility index (Phi) is 6.55. The minimum atomic E-state index is -1.87. The van der Waals surface area contributed by atoms with Crippen LogP contribution < -0.4 is 4.46 Å². The van der Waals surface area contributed by atoms with Crippen LogP contribution in [-0.4, -0.2) is 62.3 Å². The van der Waals surface area contributed by atoms with Crippen molar-refractivity contribution in [1.82, 2.24) is 0 Å². The number of rotatable bonds is 7. The monoisotopic (exact) mass is 458 g/mol. The number of carbonyl (C=O) groups is 3. The second-order valence-electron chi connectivity index (χ2n) is 7.60. The Balaban J connectivity index is 2.55. The Morgan fingerprint density at radius 2 is 1.48 bits per heavy atom. The first-order chi connectivity index (χ1) is 12.7. The van der Waals surface area contributed by atoms with E-state index in [1.807, 2.05) is 30.3 Å². The van der Waals surface area contributed by atoms with Crippen molar-refractivity contribution in [1.29, 1.82) is 0 Å². The second-order valence-corrected chi connectivity index (χ2v) is 16.4. The molecule has 1 fully saturated rings. The third-order valence-electron chi connectivity index (χ3n) is 4.95. The molecule has 0 unspecified atom stereocenters. The summed E-state index contributed by atoms with van der Waals surface area (Å²) in [6, 6.07) is 9.97. The van der Waals surface area contributed by atoms with Gasteiger partial charge in [-0.3, -0.25) is 0 Å². The molecule has 1 aromatic rings. The van der Waals surface area contributed by atoms with E-state index < -0.39 is 43.2 Å². The molecule has 6 nitrogen and oxygen atoms in total. The van der Waals surface area contributed by atoms with Gasteiger partial charge < -0.3 is 0 Å². The van der Waals surface area contributed by atoms with Crippen LogP contribution in [0.4, 0.5) is 0 Å². The molecule has 1 aromatic carbocycles. The minimum absolute atomic E-state index is 0.0214. The summed E-state index contributed by atoms with van der Waals surface area (Å²) in [6.07, 6.45) is 0. The Labute approximate surface area is 167 Å². The molecule has 0 amide bonds. The molecule has 8 heteroatoms. The molecule has 0 aliphatic heterocycles. The van der Waals surface area contributed by atoms with E-state index in [0.717, 1.165) is 4.46 Å². The van der Waals surface area contributed by atoms with Crippen molar-refractivity contribution < 1.29 is 28.6 Å². The van der Waals surface area contributed by atoms with Gasteiger partial charge in [0.25, 0.3) is 0 Å². The number of hydrogen-bond acceptors (Lipinski definition) is 6. The molecule has 0 bridgehead atoms. The standard InChI is InChI=1S/C19H26O6SeSi/c1-23-15(20)13-14(19(13,17(21)24-2)18(22)25-3)16(27(4,5)6)26-12-10-8-7-9-11-12/h7-11,13-14,16H,1-6H3/t13-,14+,16-/m0/s1. The van der Waals surface area contributed by atoms with Gasteiger partial charge in [0.1, 0.15) is 0 Å². The van der Waals surface area contributed by atoms with Crippen LogP contribution in [0.15, 0.2) is 30.3 Å². The van der Waals surface area contributed by atoms with E-state index in [2.05, 4.69) is 19.6 Å². The molecule has 1 aliphatic carbocycles. The molecule has 3 atom stereocenters. The summed E-state index contributed by atoms with van der Waals surface area (Å²) in [5.41, 5.74) is -1.61. The Morgan fingerprint density at radius 1 is 0.963 bits per heavy atom. The molecule has 0 radical (unpaired) electrons. The van der Waals surface area contributed by atoms with Gasteiger partial charge in [0.05, 0.1) is 0 Å². The quantitative estimate of drug-likeness (QED) is 0.267. The van der Waals surface area contributed by atoms with Crippen LogP contribution in [0.5, 0.6) is 0 Å². The van der Waals surface area contributed by atoms with Crippen LogP contribution in [0, 0.1) is 17.3 Å². The van der Waals surface area contributed by atoms with E-state index in [4.69, 9.17) is 14.2 Å². The summed E-state index contributed by atoms with van der Waals surface area (Å²) in [5.74, 6) is -3.35. The van der Waals surface area contributed by atoms with Gasteiger partial charge in [-0.25, -0.2) is 0 Å². The normalized spacial score (nSPS) is 21.7. The fraction of sp³-hybridized carbons (Fsp3) is 0.526. The first-order valence-corrected chi connectivity index (χ1v) is 14.0. The number of hydrogen-bond donors (Lipinski definition) is 0. The maximum absolute atomic E-state index is 12.7. The predicted molar refractivity (Wildman–Crippen MR) is 104 cm³/mol. The van der Waals surface area contributed by atoms with Crippen LogP contribution in [0.25, 0.3) is 0 Å². The van der Waals surface area contributed by atoms with Crippen LogP contribution in [-0.2, 0) is 28.6 Å². The maximum atomic E-state index is 12.7. The number of esters is 3. The fourth-order valence-corrected chi connectivity index (χ4v) is 10.9. The zero-order chi connectivity index (χ0) is 20.4.